The fourth-order valence-corrected chi connectivity index (χ4v) is 5.48. The summed E-state index contributed by atoms with van der Waals surface area (Å²) in [5, 5.41) is 2.89. The molecule has 0 aliphatic carbocycles. The van der Waals surface area contributed by atoms with Gasteiger partial charge in [-0.1, -0.05) is 49.8 Å². The molecule has 0 spiro atoms. The van der Waals surface area contributed by atoms with Gasteiger partial charge in [-0.3, -0.25) is 0 Å². The van der Waals surface area contributed by atoms with Crippen molar-refractivity contribution in [3.8, 4) is 11.5 Å². The van der Waals surface area contributed by atoms with Crippen LogP contribution in [0.3, 0.4) is 0 Å². The highest BCUT2D eigenvalue weighted by atomic mass is 16.8. The zero-order valence-electron chi connectivity index (χ0n) is 29.4. The van der Waals surface area contributed by atoms with Gasteiger partial charge in [0.1, 0.15) is 23.2 Å². The van der Waals surface area contributed by atoms with E-state index in [-0.39, 0.29) is 12.5 Å². The van der Waals surface area contributed by atoms with Crippen molar-refractivity contribution in [3.05, 3.63) is 65.7 Å². The first kappa shape index (κ1) is 37.9. The second-order valence-corrected chi connectivity index (χ2v) is 13.3. The molecule has 1 amide bonds. The molecule has 1 aliphatic rings. The number of esters is 1. The van der Waals surface area contributed by atoms with Crippen molar-refractivity contribution in [1.82, 2.24) is 5.32 Å². The second-order valence-electron chi connectivity index (χ2n) is 13.3. The summed E-state index contributed by atoms with van der Waals surface area (Å²) in [6.07, 6.45) is 4.93. The molecule has 1 fully saturated rings. The summed E-state index contributed by atoms with van der Waals surface area (Å²) >= 11 is 0. The van der Waals surface area contributed by atoms with Crippen LogP contribution in [0.15, 0.2) is 54.6 Å². The molecule has 1 N–H and O–H groups in total. The molecule has 5 atom stereocenters. The molecule has 2 aromatic rings. The van der Waals surface area contributed by atoms with Crippen LogP contribution in [0.25, 0.3) is 6.08 Å². The molecule has 2 aromatic carbocycles. The summed E-state index contributed by atoms with van der Waals surface area (Å²) < 4.78 is 40.3. The molecule has 0 radical (unpaired) electrons. The summed E-state index contributed by atoms with van der Waals surface area (Å²) in [6, 6.07) is 14.3. The maximum absolute atomic E-state index is 13.3. The van der Waals surface area contributed by atoms with Crippen molar-refractivity contribution in [2.75, 3.05) is 21.3 Å². The molecular formula is C37H53NO9. The summed E-state index contributed by atoms with van der Waals surface area (Å²) in [5.74, 6) is -0.0412. The summed E-state index contributed by atoms with van der Waals surface area (Å²) in [4.78, 5) is 26.4. The Labute approximate surface area is 280 Å². The highest BCUT2D eigenvalue weighted by Crippen LogP contribution is 2.37. The fourth-order valence-electron chi connectivity index (χ4n) is 5.48. The van der Waals surface area contributed by atoms with Crippen molar-refractivity contribution in [3.63, 3.8) is 0 Å². The monoisotopic (exact) mass is 655 g/mol. The van der Waals surface area contributed by atoms with Gasteiger partial charge < -0.3 is 38.5 Å². The molecule has 47 heavy (non-hydrogen) atoms. The Morgan fingerprint density at radius 2 is 1.51 bits per heavy atom. The van der Waals surface area contributed by atoms with Gasteiger partial charge in [0.05, 0.1) is 40.1 Å². The first-order valence-corrected chi connectivity index (χ1v) is 16.2. The van der Waals surface area contributed by atoms with Gasteiger partial charge in [0.15, 0.2) is 11.9 Å². The molecule has 1 heterocycles. The predicted octanol–water partition coefficient (Wildman–Crippen LogP) is 7.09. The largest absolute Gasteiger partial charge is 0.497 e. The lowest BCUT2D eigenvalue weighted by molar-refractivity contribution is -0.168. The number of ether oxygens (including phenoxy) is 7. The van der Waals surface area contributed by atoms with E-state index in [1.54, 1.807) is 35.0 Å². The third kappa shape index (κ3) is 12.2. The molecule has 1 aliphatic heterocycles. The molecule has 3 rings (SSSR count). The van der Waals surface area contributed by atoms with E-state index in [2.05, 4.69) is 24.4 Å². The maximum Gasteiger partial charge on any atom is 0.408 e. The summed E-state index contributed by atoms with van der Waals surface area (Å²) in [6.45, 7) is 11.2. The number of hydrogen-bond donors (Lipinski definition) is 1. The van der Waals surface area contributed by atoms with E-state index in [0.29, 0.717) is 5.75 Å². The number of benzene rings is 2. The number of hydrogen-bond acceptors (Lipinski definition) is 9. The van der Waals surface area contributed by atoms with E-state index in [0.717, 1.165) is 42.6 Å². The van der Waals surface area contributed by atoms with Crippen LogP contribution >= 0.6 is 0 Å². The zero-order chi connectivity index (χ0) is 34.6. The number of allylic oxidation sites excluding steroid dienone is 1. The Balaban J connectivity index is 1.76. The maximum atomic E-state index is 13.3. The van der Waals surface area contributed by atoms with Crippen LogP contribution in [0.5, 0.6) is 11.5 Å². The topological polar surface area (TPSA) is 111 Å². The van der Waals surface area contributed by atoms with Crippen molar-refractivity contribution < 1.29 is 42.7 Å². The van der Waals surface area contributed by atoms with E-state index < -0.39 is 47.8 Å². The highest BCUT2D eigenvalue weighted by Gasteiger charge is 2.52. The molecule has 0 bridgehead atoms. The standard InChI is InChI=1S/C37H53NO9/c1-25(14-12-10-11-13-15-26-16-20-28(41-7)21-17-26)31-32(46-37(5,6)45-31)30(38-35(40)47-36(2,3)4)33(34(39)43-9)44-24-27-18-22-29(42-8)23-19-27/h13,15-23,25,30-33H,10-12,14,24H2,1-9H3,(H,38,40)/b15-13+/t25-,30-,31-,32-,33-/m0/s1. The lowest BCUT2D eigenvalue weighted by Gasteiger charge is -2.34. The third-order valence-corrected chi connectivity index (χ3v) is 7.82. The van der Waals surface area contributed by atoms with E-state index in [1.165, 1.54) is 7.11 Å². The van der Waals surface area contributed by atoms with Crippen molar-refractivity contribution >= 4 is 18.1 Å². The molecule has 1 saturated heterocycles. The summed E-state index contributed by atoms with van der Waals surface area (Å²) in [7, 11) is 4.54. The Morgan fingerprint density at radius 1 is 0.915 bits per heavy atom. The Morgan fingerprint density at radius 3 is 2.09 bits per heavy atom. The molecule has 10 nitrogen and oxygen atoms in total. The van der Waals surface area contributed by atoms with E-state index >= 15 is 0 Å². The molecule has 0 saturated carbocycles. The minimum Gasteiger partial charge on any atom is -0.497 e. The van der Waals surface area contributed by atoms with Gasteiger partial charge in [0, 0.05) is 0 Å². The minimum absolute atomic E-state index is 0.0372. The quantitative estimate of drug-likeness (QED) is 0.150. The van der Waals surface area contributed by atoms with Crippen LogP contribution in [0.1, 0.15) is 78.4 Å². The van der Waals surface area contributed by atoms with Gasteiger partial charge in [-0.2, -0.15) is 0 Å². The van der Waals surface area contributed by atoms with Gasteiger partial charge in [-0.25, -0.2) is 9.59 Å². The molecule has 260 valence electrons. The van der Waals surface area contributed by atoms with E-state index in [1.807, 2.05) is 62.4 Å². The number of amides is 1. The van der Waals surface area contributed by atoms with Crippen molar-refractivity contribution in [2.24, 2.45) is 5.92 Å². The zero-order valence-corrected chi connectivity index (χ0v) is 29.4. The average molecular weight is 656 g/mol. The third-order valence-electron chi connectivity index (χ3n) is 7.82. The lowest BCUT2D eigenvalue weighted by atomic mass is 9.89. The predicted molar refractivity (Wildman–Crippen MR) is 180 cm³/mol. The normalized spacial score (nSPS) is 19.5. The SMILES string of the molecule is COC(=O)[C@@H](OCc1ccc(OC)cc1)[C@@H](NC(=O)OC(C)(C)C)[C@@H]1OC(C)(C)O[C@H]1[C@@H](C)CCCC/C=C/c1ccc(OC)cc1. The smallest absolute Gasteiger partial charge is 0.408 e. The molecule has 10 heteroatoms. The van der Waals surface area contributed by atoms with Crippen LogP contribution < -0.4 is 14.8 Å². The number of unbranched alkanes of at least 4 members (excludes halogenated alkanes) is 2. The van der Waals surface area contributed by atoms with Gasteiger partial charge in [0.2, 0.25) is 0 Å². The summed E-state index contributed by atoms with van der Waals surface area (Å²) in [5.41, 5.74) is 1.17. The number of carbonyl (C=O) groups is 2. The van der Waals surface area contributed by atoms with Crippen LogP contribution in [-0.4, -0.2) is 69.1 Å². The van der Waals surface area contributed by atoms with Crippen LogP contribution in [-0.2, 0) is 35.1 Å². The molecule has 0 aromatic heterocycles. The van der Waals surface area contributed by atoms with Gasteiger partial charge in [-0.15, -0.1) is 0 Å². The fraction of sp³-hybridized carbons (Fsp3) is 0.568. The minimum atomic E-state index is -1.21. The Bertz CT molecular complexity index is 1280. The van der Waals surface area contributed by atoms with Crippen LogP contribution in [0.2, 0.25) is 0 Å². The Kier molecular flexibility index (Phi) is 14.1. The van der Waals surface area contributed by atoms with E-state index in [9.17, 15) is 9.59 Å². The van der Waals surface area contributed by atoms with Crippen molar-refractivity contribution in [1.29, 1.82) is 0 Å². The number of nitrogens with one attached hydrogen (secondary N) is 1. The number of alkyl carbamates (subject to hydrolysis) is 1. The first-order chi connectivity index (χ1) is 22.2. The van der Waals surface area contributed by atoms with Gasteiger partial charge >= 0.3 is 12.1 Å². The van der Waals surface area contributed by atoms with Crippen LogP contribution in [0.4, 0.5) is 4.79 Å². The van der Waals surface area contributed by atoms with E-state index in [4.69, 9.17) is 33.2 Å². The number of carbonyl (C=O) groups excluding carboxylic acids is 2. The second kappa shape index (κ2) is 17.5. The van der Waals surface area contributed by atoms with Crippen LogP contribution in [0, 0.1) is 5.92 Å². The number of rotatable bonds is 16. The first-order valence-electron chi connectivity index (χ1n) is 16.2. The average Bonchev–Trinajstić information content (AvgIpc) is 3.36. The number of methoxy groups -OCH3 is 3. The van der Waals surface area contributed by atoms with Gasteiger partial charge in [-0.05, 0) is 95.2 Å². The van der Waals surface area contributed by atoms with Crippen molar-refractivity contribution in [2.45, 2.75) is 110 Å². The van der Waals surface area contributed by atoms with Gasteiger partial charge in [0.25, 0.3) is 0 Å². The highest BCUT2D eigenvalue weighted by molar-refractivity contribution is 5.77. The lowest BCUT2D eigenvalue weighted by Crippen LogP contribution is -2.59. The Hall–Kier alpha value is -3.60. The molecular weight excluding hydrogens is 602 g/mol. The molecule has 0 unspecified atom stereocenters.